The van der Waals surface area contributed by atoms with Gasteiger partial charge in [-0.2, -0.15) is 0 Å². The van der Waals surface area contributed by atoms with Crippen molar-refractivity contribution in [3.8, 4) is 17.6 Å². The first-order valence-corrected chi connectivity index (χ1v) is 7.32. The first kappa shape index (κ1) is 15.7. The second kappa shape index (κ2) is 7.93. The summed E-state index contributed by atoms with van der Waals surface area (Å²) >= 11 is 11.4. The normalized spacial score (nSPS) is 9.86. The number of benzene rings is 2. The third-order valence-electron chi connectivity index (χ3n) is 2.69. The van der Waals surface area contributed by atoms with Crippen molar-refractivity contribution in [3.63, 3.8) is 0 Å². The minimum atomic E-state index is -0.357. The molecule has 0 aliphatic heterocycles. The first-order chi connectivity index (χ1) is 10.2. The first-order valence-electron chi connectivity index (χ1n) is 6.40. The van der Waals surface area contributed by atoms with Gasteiger partial charge in [0.15, 0.2) is 0 Å². The van der Waals surface area contributed by atoms with Crippen molar-refractivity contribution in [2.24, 2.45) is 0 Å². The van der Waals surface area contributed by atoms with E-state index in [0.717, 1.165) is 5.56 Å². The molecule has 2 rings (SSSR count). The van der Waals surface area contributed by atoms with Crippen LogP contribution in [0, 0.1) is 17.7 Å². The maximum absolute atomic E-state index is 13.3. The van der Waals surface area contributed by atoms with E-state index in [0.29, 0.717) is 35.2 Å². The zero-order valence-electron chi connectivity index (χ0n) is 11.2. The van der Waals surface area contributed by atoms with Crippen LogP contribution in [0.25, 0.3) is 0 Å². The minimum absolute atomic E-state index is 0.324. The van der Waals surface area contributed by atoms with Crippen LogP contribution in [0.15, 0.2) is 42.5 Å². The summed E-state index contributed by atoms with van der Waals surface area (Å²) in [5.74, 6) is 6.39. The van der Waals surface area contributed by atoms with Gasteiger partial charge in [0.25, 0.3) is 0 Å². The molecule has 0 saturated carbocycles. The van der Waals surface area contributed by atoms with Crippen LogP contribution in [0.1, 0.15) is 17.5 Å². The Morgan fingerprint density at radius 1 is 1.10 bits per heavy atom. The van der Waals surface area contributed by atoms with E-state index in [1.54, 1.807) is 18.2 Å². The molecule has 4 heteroatoms. The lowest BCUT2D eigenvalue weighted by Crippen LogP contribution is -1.97. The molecule has 0 N–H and O–H groups in total. The predicted octanol–water partition coefficient (Wildman–Crippen LogP) is 5.04. The number of hydrogen-bond acceptors (Lipinski definition) is 1. The maximum atomic E-state index is 13.3. The molecule has 108 valence electrons. The molecule has 0 aliphatic carbocycles. The van der Waals surface area contributed by atoms with E-state index in [1.807, 2.05) is 12.1 Å². The van der Waals surface area contributed by atoms with Crippen LogP contribution in [-0.4, -0.2) is 5.88 Å². The van der Waals surface area contributed by atoms with Gasteiger partial charge in [0.05, 0.1) is 5.56 Å². The van der Waals surface area contributed by atoms with Crippen LogP contribution in [-0.2, 0) is 6.61 Å². The summed E-state index contributed by atoms with van der Waals surface area (Å²) in [6.07, 6.45) is 0.579. The van der Waals surface area contributed by atoms with Crippen LogP contribution in [0.3, 0.4) is 0 Å². The molecule has 0 heterocycles. The summed E-state index contributed by atoms with van der Waals surface area (Å²) in [7, 11) is 0. The molecule has 2 aromatic carbocycles. The average molecular weight is 323 g/mol. The summed E-state index contributed by atoms with van der Waals surface area (Å²) in [6, 6.07) is 11.6. The molecule has 0 saturated heterocycles. The number of ether oxygens (including phenoxy) is 1. The minimum Gasteiger partial charge on any atom is -0.487 e. The third kappa shape index (κ3) is 4.97. The average Bonchev–Trinajstić information content (AvgIpc) is 2.49. The molecule has 1 nitrogen and oxygen atoms in total. The van der Waals surface area contributed by atoms with Crippen molar-refractivity contribution < 1.29 is 9.13 Å². The molecular weight excluding hydrogens is 310 g/mol. The lowest BCUT2D eigenvalue weighted by atomic mass is 10.2. The highest BCUT2D eigenvalue weighted by Gasteiger charge is 2.04. The van der Waals surface area contributed by atoms with Gasteiger partial charge >= 0.3 is 0 Å². The fraction of sp³-hybridized carbons (Fsp3) is 0.176. The zero-order chi connectivity index (χ0) is 15.1. The van der Waals surface area contributed by atoms with Gasteiger partial charge in [-0.1, -0.05) is 35.6 Å². The topological polar surface area (TPSA) is 9.23 Å². The van der Waals surface area contributed by atoms with Gasteiger partial charge in [-0.05, 0) is 29.8 Å². The molecule has 0 amide bonds. The quantitative estimate of drug-likeness (QED) is 0.566. The van der Waals surface area contributed by atoms with Gasteiger partial charge in [0, 0.05) is 23.4 Å². The van der Waals surface area contributed by atoms with Crippen molar-refractivity contribution in [1.82, 2.24) is 0 Å². The van der Waals surface area contributed by atoms with Gasteiger partial charge in [0.1, 0.15) is 18.2 Å². The van der Waals surface area contributed by atoms with Gasteiger partial charge in [-0.3, -0.25) is 0 Å². The van der Waals surface area contributed by atoms with Gasteiger partial charge in [0.2, 0.25) is 0 Å². The van der Waals surface area contributed by atoms with Gasteiger partial charge < -0.3 is 4.74 Å². The monoisotopic (exact) mass is 322 g/mol. The molecule has 0 aromatic heterocycles. The lowest BCUT2D eigenvalue weighted by Gasteiger charge is -2.08. The molecule has 2 aromatic rings. The van der Waals surface area contributed by atoms with Crippen LogP contribution >= 0.6 is 23.2 Å². The third-order valence-corrected chi connectivity index (χ3v) is 3.13. The summed E-state index contributed by atoms with van der Waals surface area (Å²) < 4.78 is 19.0. The molecule has 0 aliphatic rings. The Labute approximate surface area is 133 Å². The Bertz CT molecular complexity index is 657. The molecule has 0 radical (unpaired) electrons. The Balaban J connectivity index is 2.13. The molecule has 21 heavy (non-hydrogen) atoms. The molecule has 0 fully saturated rings. The summed E-state index contributed by atoms with van der Waals surface area (Å²) in [5.41, 5.74) is 1.60. The van der Waals surface area contributed by atoms with Crippen LogP contribution in [0.5, 0.6) is 5.75 Å². The number of hydrogen-bond donors (Lipinski definition) is 0. The van der Waals surface area contributed by atoms with Crippen molar-refractivity contribution >= 4 is 23.2 Å². The van der Waals surface area contributed by atoms with Crippen molar-refractivity contribution in [1.29, 1.82) is 0 Å². The maximum Gasteiger partial charge on any atom is 0.138 e. The Morgan fingerprint density at radius 3 is 2.57 bits per heavy atom. The van der Waals surface area contributed by atoms with E-state index in [9.17, 15) is 4.39 Å². The molecule has 0 spiro atoms. The van der Waals surface area contributed by atoms with E-state index in [-0.39, 0.29) is 5.82 Å². The van der Waals surface area contributed by atoms with E-state index in [4.69, 9.17) is 27.9 Å². The van der Waals surface area contributed by atoms with E-state index < -0.39 is 0 Å². The Hall–Kier alpha value is -1.69. The predicted molar refractivity (Wildman–Crippen MR) is 84.4 cm³/mol. The zero-order valence-corrected chi connectivity index (χ0v) is 12.7. The highest BCUT2D eigenvalue weighted by atomic mass is 35.5. The van der Waals surface area contributed by atoms with E-state index >= 15 is 0 Å². The van der Waals surface area contributed by atoms with Gasteiger partial charge in [-0.25, -0.2) is 4.39 Å². The molecule has 0 atom stereocenters. The second-order valence-electron chi connectivity index (χ2n) is 4.30. The van der Waals surface area contributed by atoms with Crippen LogP contribution in [0.4, 0.5) is 4.39 Å². The summed E-state index contributed by atoms with van der Waals surface area (Å²) in [6.45, 7) is 0.324. The molecule has 0 bridgehead atoms. The Kier molecular flexibility index (Phi) is 5.92. The fourth-order valence-electron chi connectivity index (χ4n) is 1.67. The van der Waals surface area contributed by atoms with Crippen LogP contribution < -0.4 is 4.74 Å². The van der Waals surface area contributed by atoms with Crippen molar-refractivity contribution in [2.45, 2.75) is 13.0 Å². The van der Waals surface area contributed by atoms with E-state index in [2.05, 4.69) is 11.8 Å². The SMILES string of the molecule is Fc1ccc(C#CCCCl)c(OCc2ccc(Cl)cc2)c1. The Morgan fingerprint density at radius 2 is 1.86 bits per heavy atom. The fourth-order valence-corrected chi connectivity index (χ4v) is 1.89. The molecular formula is C17H13Cl2FO. The highest BCUT2D eigenvalue weighted by Crippen LogP contribution is 2.21. The number of halogens is 3. The van der Waals surface area contributed by atoms with Gasteiger partial charge in [-0.15, -0.1) is 11.6 Å². The number of alkyl halides is 1. The lowest BCUT2D eigenvalue weighted by molar-refractivity contribution is 0.304. The summed E-state index contributed by atoms with van der Waals surface area (Å²) in [4.78, 5) is 0. The summed E-state index contributed by atoms with van der Waals surface area (Å²) in [5, 5.41) is 0.664. The largest absolute Gasteiger partial charge is 0.487 e. The molecule has 0 unspecified atom stereocenters. The van der Waals surface area contributed by atoms with Crippen molar-refractivity contribution in [2.75, 3.05) is 5.88 Å². The van der Waals surface area contributed by atoms with E-state index in [1.165, 1.54) is 12.1 Å². The second-order valence-corrected chi connectivity index (χ2v) is 5.11. The van der Waals surface area contributed by atoms with Crippen LogP contribution in [0.2, 0.25) is 5.02 Å². The highest BCUT2D eigenvalue weighted by molar-refractivity contribution is 6.30. The number of rotatable bonds is 4. The smallest absolute Gasteiger partial charge is 0.138 e. The standard InChI is InChI=1S/C17H13Cl2FO/c18-10-2-1-3-14-6-9-16(20)11-17(14)21-12-13-4-7-15(19)8-5-13/h4-9,11H,2,10,12H2. The van der Waals surface area contributed by atoms with Crippen molar-refractivity contribution in [3.05, 3.63) is 64.4 Å².